The van der Waals surface area contributed by atoms with Gasteiger partial charge in [0, 0.05) is 25.4 Å². The van der Waals surface area contributed by atoms with Crippen molar-refractivity contribution >= 4 is 21.6 Å². The molecule has 0 aromatic carbocycles. The number of halogens is 1. The van der Waals surface area contributed by atoms with E-state index in [1.807, 2.05) is 6.08 Å². The molecule has 1 heterocycles. The zero-order valence-corrected chi connectivity index (χ0v) is 8.39. The Morgan fingerprint density at radius 3 is 3.09 bits per heavy atom. The molecule has 0 N–H and O–H groups in total. The molecule has 0 fully saturated rings. The molecule has 0 radical (unpaired) electrons. The van der Waals surface area contributed by atoms with Crippen molar-refractivity contribution < 1.29 is 4.74 Å². The van der Waals surface area contributed by atoms with Crippen molar-refractivity contribution in [2.45, 2.75) is 24.3 Å². The fourth-order valence-corrected chi connectivity index (χ4v) is 1.44. The van der Waals surface area contributed by atoms with Crippen molar-refractivity contribution in [3.63, 3.8) is 0 Å². The molecular formula is C8H12BrNO. The van der Waals surface area contributed by atoms with Gasteiger partial charge in [0.1, 0.15) is 4.51 Å². The fraction of sp³-hybridized carbons (Fsp3) is 0.625. The minimum Gasteiger partial charge on any atom is -0.363 e. The largest absolute Gasteiger partial charge is 0.363 e. The molecule has 1 aliphatic heterocycles. The summed E-state index contributed by atoms with van der Waals surface area (Å²) in [5.74, 6) is 0. The molecule has 0 aliphatic carbocycles. The molecule has 11 heavy (non-hydrogen) atoms. The SMILES string of the molecule is CCC1=NC=CC(Br)(OC)C1. The Hall–Kier alpha value is -0.150. The summed E-state index contributed by atoms with van der Waals surface area (Å²) in [6.07, 6.45) is 5.55. The van der Waals surface area contributed by atoms with Gasteiger partial charge in [0.05, 0.1) is 0 Å². The summed E-state index contributed by atoms with van der Waals surface area (Å²) < 4.78 is 4.95. The Kier molecular flexibility index (Phi) is 2.84. The summed E-state index contributed by atoms with van der Waals surface area (Å²) in [5, 5.41) is 0. The lowest BCUT2D eigenvalue weighted by atomic mass is 10.1. The zero-order chi connectivity index (χ0) is 8.32. The molecule has 0 spiro atoms. The van der Waals surface area contributed by atoms with Gasteiger partial charge in [0.25, 0.3) is 0 Å². The molecule has 1 rings (SSSR count). The van der Waals surface area contributed by atoms with Crippen LogP contribution < -0.4 is 0 Å². The molecule has 0 saturated heterocycles. The molecule has 0 saturated carbocycles. The third-order valence-corrected chi connectivity index (χ3v) is 2.64. The summed E-state index contributed by atoms with van der Waals surface area (Å²) in [7, 11) is 1.69. The first-order valence-electron chi connectivity index (χ1n) is 3.67. The van der Waals surface area contributed by atoms with E-state index in [9.17, 15) is 0 Å². The number of methoxy groups -OCH3 is 1. The topological polar surface area (TPSA) is 21.6 Å². The first kappa shape index (κ1) is 8.94. The predicted molar refractivity (Wildman–Crippen MR) is 50.2 cm³/mol. The highest BCUT2D eigenvalue weighted by Crippen LogP contribution is 2.29. The van der Waals surface area contributed by atoms with Crippen LogP contribution in [-0.4, -0.2) is 17.3 Å². The van der Waals surface area contributed by atoms with Gasteiger partial charge in [-0.05, 0) is 28.4 Å². The van der Waals surface area contributed by atoms with Gasteiger partial charge in [0.2, 0.25) is 0 Å². The maximum absolute atomic E-state index is 5.26. The second kappa shape index (κ2) is 3.50. The highest BCUT2D eigenvalue weighted by Gasteiger charge is 2.26. The predicted octanol–water partition coefficient (Wildman–Crippen LogP) is 2.49. The van der Waals surface area contributed by atoms with Crippen molar-refractivity contribution in [1.82, 2.24) is 0 Å². The number of ether oxygens (including phenoxy) is 1. The Balaban J connectivity index is 2.68. The number of nitrogens with zero attached hydrogens (tertiary/aromatic N) is 1. The van der Waals surface area contributed by atoms with E-state index in [1.165, 1.54) is 5.71 Å². The van der Waals surface area contributed by atoms with Crippen molar-refractivity contribution in [2.75, 3.05) is 7.11 Å². The van der Waals surface area contributed by atoms with Gasteiger partial charge >= 0.3 is 0 Å². The Morgan fingerprint density at radius 1 is 1.82 bits per heavy atom. The van der Waals surface area contributed by atoms with Crippen LogP contribution in [0.1, 0.15) is 19.8 Å². The summed E-state index contributed by atoms with van der Waals surface area (Å²) >= 11 is 3.49. The summed E-state index contributed by atoms with van der Waals surface area (Å²) in [6.45, 7) is 2.10. The minimum absolute atomic E-state index is 0.305. The van der Waals surface area contributed by atoms with Crippen LogP contribution in [0.5, 0.6) is 0 Å². The van der Waals surface area contributed by atoms with E-state index >= 15 is 0 Å². The summed E-state index contributed by atoms with van der Waals surface area (Å²) in [4.78, 5) is 4.22. The van der Waals surface area contributed by atoms with Gasteiger partial charge in [0.15, 0.2) is 0 Å². The quantitative estimate of drug-likeness (QED) is 0.652. The lowest BCUT2D eigenvalue weighted by molar-refractivity contribution is 0.122. The van der Waals surface area contributed by atoms with E-state index < -0.39 is 0 Å². The lowest BCUT2D eigenvalue weighted by Crippen LogP contribution is -2.26. The standard InChI is InChI=1S/C8H12BrNO/c1-3-7-6-8(9,11-2)4-5-10-7/h4-5H,3,6H2,1-2H3. The van der Waals surface area contributed by atoms with Crippen LogP contribution in [0, 0.1) is 0 Å². The van der Waals surface area contributed by atoms with E-state index in [1.54, 1.807) is 13.3 Å². The van der Waals surface area contributed by atoms with Crippen LogP contribution in [0.3, 0.4) is 0 Å². The zero-order valence-electron chi connectivity index (χ0n) is 6.80. The van der Waals surface area contributed by atoms with Gasteiger partial charge < -0.3 is 4.74 Å². The smallest absolute Gasteiger partial charge is 0.147 e. The Morgan fingerprint density at radius 2 is 2.55 bits per heavy atom. The molecule has 0 bridgehead atoms. The normalized spacial score (nSPS) is 30.3. The van der Waals surface area contributed by atoms with E-state index in [2.05, 4.69) is 27.8 Å². The van der Waals surface area contributed by atoms with Crippen molar-refractivity contribution in [3.8, 4) is 0 Å². The lowest BCUT2D eigenvalue weighted by Gasteiger charge is -2.24. The molecule has 3 heteroatoms. The van der Waals surface area contributed by atoms with Crippen LogP contribution in [0.25, 0.3) is 0 Å². The van der Waals surface area contributed by atoms with E-state index in [4.69, 9.17) is 4.74 Å². The van der Waals surface area contributed by atoms with E-state index in [-0.39, 0.29) is 4.51 Å². The summed E-state index contributed by atoms with van der Waals surface area (Å²) in [6, 6.07) is 0. The average molecular weight is 218 g/mol. The number of rotatable bonds is 2. The van der Waals surface area contributed by atoms with Crippen molar-refractivity contribution in [2.24, 2.45) is 4.99 Å². The second-order valence-electron chi connectivity index (χ2n) is 2.53. The molecule has 0 amide bonds. The van der Waals surface area contributed by atoms with Crippen LogP contribution in [0.4, 0.5) is 0 Å². The number of hydrogen-bond donors (Lipinski definition) is 0. The van der Waals surface area contributed by atoms with E-state index in [0.29, 0.717) is 0 Å². The van der Waals surface area contributed by atoms with Gasteiger partial charge in [-0.1, -0.05) is 6.92 Å². The van der Waals surface area contributed by atoms with Gasteiger partial charge in [-0.3, -0.25) is 4.99 Å². The van der Waals surface area contributed by atoms with Crippen LogP contribution in [0.15, 0.2) is 17.3 Å². The monoisotopic (exact) mass is 217 g/mol. The fourth-order valence-electron chi connectivity index (χ4n) is 0.993. The van der Waals surface area contributed by atoms with Crippen molar-refractivity contribution in [1.29, 1.82) is 0 Å². The number of alkyl halides is 1. The van der Waals surface area contributed by atoms with Gasteiger partial charge in [-0.2, -0.15) is 0 Å². The highest BCUT2D eigenvalue weighted by molar-refractivity contribution is 9.10. The molecule has 1 unspecified atom stereocenters. The molecule has 2 nitrogen and oxygen atoms in total. The third-order valence-electron chi connectivity index (χ3n) is 1.77. The third kappa shape index (κ3) is 2.14. The summed E-state index contributed by atoms with van der Waals surface area (Å²) in [5.41, 5.74) is 1.17. The van der Waals surface area contributed by atoms with Crippen LogP contribution >= 0.6 is 15.9 Å². The van der Waals surface area contributed by atoms with Crippen molar-refractivity contribution in [3.05, 3.63) is 12.3 Å². The van der Waals surface area contributed by atoms with Crippen LogP contribution in [0.2, 0.25) is 0 Å². The van der Waals surface area contributed by atoms with Crippen LogP contribution in [-0.2, 0) is 4.74 Å². The molecule has 0 aromatic rings. The average Bonchev–Trinajstić information content (AvgIpc) is 2.05. The molecule has 62 valence electrons. The maximum Gasteiger partial charge on any atom is 0.147 e. The first-order valence-corrected chi connectivity index (χ1v) is 4.47. The molecule has 0 aromatic heterocycles. The number of hydrogen-bond acceptors (Lipinski definition) is 2. The molecular weight excluding hydrogens is 206 g/mol. The van der Waals surface area contributed by atoms with Gasteiger partial charge in [-0.15, -0.1) is 0 Å². The maximum atomic E-state index is 5.26. The molecule has 1 atom stereocenters. The molecule has 1 aliphatic rings. The second-order valence-corrected chi connectivity index (χ2v) is 3.87. The Bertz CT molecular complexity index is 200. The highest BCUT2D eigenvalue weighted by atomic mass is 79.9. The van der Waals surface area contributed by atoms with E-state index in [0.717, 1.165) is 12.8 Å². The number of aliphatic imine (C=N–C) groups is 1. The van der Waals surface area contributed by atoms with Gasteiger partial charge in [-0.25, -0.2) is 0 Å². The minimum atomic E-state index is -0.305. The Labute approximate surface area is 75.5 Å². The first-order chi connectivity index (χ1) is 5.20.